The first-order valence-electron chi connectivity index (χ1n) is 6.87. The largest absolute Gasteiger partial charge is 0.483 e. The quantitative estimate of drug-likeness (QED) is 0.908. The number of aromatic nitrogens is 2. The molecule has 1 atom stereocenters. The number of benzene rings is 1. The summed E-state index contributed by atoms with van der Waals surface area (Å²) >= 11 is 0. The number of nitrogens with zero attached hydrogens (tertiary/aromatic N) is 2. The van der Waals surface area contributed by atoms with Gasteiger partial charge in [-0.25, -0.2) is 0 Å². The van der Waals surface area contributed by atoms with E-state index in [1.54, 1.807) is 6.92 Å². The van der Waals surface area contributed by atoms with E-state index in [-0.39, 0.29) is 6.61 Å². The number of hydrogen-bond acceptors (Lipinski definition) is 5. The van der Waals surface area contributed by atoms with Gasteiger partial charge in [0.15, 0.2) is 12.4 Å². The highest BCUT2D eigenvalue weighted by atomic mass is 16.5. The molecule has 1 heterocycles. The maximum Gasteiger partial charge on any atom is 0.264 e. The molecule has 1 aliphatic carbocycles. The molecular formula is C15H18N2O3. The zero-order valence-electron chi connectivity index (χ0n) is 11.7. The first-order valence-corrected chi connectivity index (χ1v) is 6.87. The zero-order valence-corrected chi connectivity index (χ0v) is 11.7. The molecule has 5 nitrogen and oxygen atoms in total. The third kappa shape index (κ3) is 2.82. The zero-order chi connectivity index (χ0) is 14.1. The summed E-state index contributed by atoms with van der Waals surface area (Å²) in [7, 11) is 0. The lowest BCUT2D eigenvalue weighted by atomic mass is 10.1. The Morgan fingerprint density at radius 3 is 2.90 bits per heavy atom. The number of rotatable bonds is 5. The lowest BCUT2D eigenvalue weighted by molar-refractivity contribution is 0.198. The minimum Gasteiger partial charge on any atom is -0.483 e. The van der Waals surface area contributed by atoms with E-state index in [0.717, 1.165) is 35.5 Å². The number of aliphatic hydroxyl groups excluding tert-OH is 1. The molecule has 1 aliphatic rings. The van der Waals surface area contributed by atoms with Crippen molar-refractivity contribution in [1.29, 1.82) is 0 Å². The standard InChI is InChI=1S/C15H18N2O3/c1-9-7-12(10(2)18)5-6-13(9)19-8-14-16-15(17-20-14)11-3-4-11/h5-7,10-11,18H,3-4,8H2,1-2H3/t10-/m0/s1. The minimum absolute atomic E-state index is 0.272. The molecule has 106 valence electrons. The van der Waals surface area contributed by atoms with Crippen LogP contribution < -0.4 is 4.74 Å². The highest BCUT2D eigenvalue weighted by molar-refractivity contribution is 5.36. The molecule has 0 aliphatic heterocycles. The van der Waals surface area contributed by atoms with Gasteiger partial charge in [-0.1, -0.05) is 11.2 Å². The summed E-state index contributed by atoms with van der Waals surface area (Å²) in [4.78, 5) is 4.32. The van der Waals surface area contributed by atoms with Gasteiger partial charge in [-0.3, -0.25) is 0 Å². The van der Waals surface area contributed by atoms with Gasteiger partial charge in [0.2, 0.25) is 0 Å². The third-order valence-corrected chi connectivity index (χ3v) is 3.46. The van der Waals surface area contributed by atoms with E-state index in [0.29, 0.717) is 11.8 Å². The molecule has 0 radical (unpaired) electrons. The number of ether oxygens (including phenoxy) is 1. The number of hydrogen-bond donors (Lipinski definition) is 1. The highest BCUT2D eigenvalue weighted by Crippen LogP contribution is 2.38. The lowest BCUT2D eigenvalue weighted by Crippen LogP contribution is -1.99. The van der Waals surface area contributed by atoms with Crippen molar-refractivity contribution in [2.24, 2.45) is 0 Å². The maximum atomic E-state index is 9.53. The van der Waals surface area contributed by atoms with Gasteiger partial charge in [0.1, 0.15) is 5.75 Å². The van der Waals surface area contributed by atoms with E-state index in [4.69, 9.17) is 9.26 Å². The van der Waals surface area contributed by atoms with Gasteiger partial charge in [0.05, 0.1) is 6.10 Å². The Balaban J connectivity index is 1.65. The van der Waals surface area contributed by atoms with Crippen molar-refractivity contribution in [3.05, 3.63) is 41.0 Å². The van der Waals surface area contributed by atoms with Crippen LogP contribution in [0.5, 0.6) is 5.75 Å². The maximum absolute atomic E-state index is 9.53. The van der Waals surface area contributed by atoms with Crippen LogP contribution in [-0.2, 0) is 6.61 Å². The fraction of sp³-hybridized carbons (Fsp3) is 0.467. The van der Waals surface area contributed by atoms with Gasteiger partial charge < -0.3 is 14.4 Å². The van der Waals surface area contributed by atoms with Gasteiger partial charge >= 0.3 is 0 Å². The van der Waals surface area contributed by atoms with Crippen molar-refractivity contribution in [1.82, 2.24) is 10.1 Å². The Bertz CT molecular complexity index is 603. The molecule has 0 bridgehead atoms. The number of aliphatic hydroxyl groups is 1. The summed E-state index contributed by atoms with van der Waals surface area (Å²) < 4.78 is 10.9. The topological polar surface area (TPSA) is 68.4 Å². The second kappa shape index (κ2) is 5.25. The van der Waals surface area contributed by atoms with Crippen LogP contribution >= 0.6 is 0 Å². The van der Waals surface area contributed by atoms with Gasteiger partial charge in [-0.15, -0.1) is 0 Å². The average Bonchev–Trinajstić information content (AvgIpc) is 3.17. The molecule has 3 rings (SSSR count). The Morgan fingerprint density at radius 2 is 2.25 bits per heavy atom. The monoisotopic (exact) mass is 274 g/mol. The summed E-state index contributed by atoms with van der Waals surface area (Å²) in [6.45, 7) is 3.96. The van der Waals surface area contributed by atoms with E-state index < -0.39 is 6.10 Å². The molecule has 0 saturated heterocycles. The van der Waals surface area contributed by atoms with E-state index in [2.05, 4.69) is 10.1 Å². The van der Waals surface area contributed by atoms with Crippen LogP contribution in [0.15, 0.2) is 22.7 Å². The Labute approximate surface area is 117 Å². The normalized spacial score (nSPS) is 16.1. The molecule has 1 aromatic carbocycles. The first kappa shape index (κ1) is 13.1. The molecule has 1 aromatic heterocycles. The van der Waals surface area contributed by atoms with Crippen LogP contribution in [0, 0.1) is 6.92 Å². The Kier molecular flexibility index (Phi) is 3.44. The van der Waals surface area contributed by atoms with E-state index in [1.807, 2.05) is 25.1 Å². The van der Waals surface area contributed by atoms with Crippen molar-refractivity contribution in [2.75, 3.05) is 0 Å². The predicted octanol–water partition coefficient (Wildman–Crippen LogP) is 2.89. The summed E-state index contributed by atoms with van der Waals surface area (Å²) in [6, 6.07) is 5.63. The van der Waals surface area contributed by atoms with Gasteiger partial charge in [-0.05, 0) is 49.9 Å². The second-order valence-corrected chi connectivity index (χ2v) is 5.31. The molecule has 1 saturated carbocycles. The van der Waals surface area contributed by atoms with Crippen LogP contribution in [-0.4, -0.2) is 15.2 Å². The van der Waals surface area contributed by atoms with Crippen molar-refractivity contribution >= 4 is 0 Å². The number of aryl methyl sites for hydroxylation is 1. The summed E-state index contributed by atoms with van der Waals surface area (Å²) in [6.07, 6.45) is 1.83. The third-order valence-electron chi connectivity index (χ3n) is 3.46. The lowest BCUT2D eigenvalue weighted by Gasteiger charge is -2.10. The molecule has 0 unspecified atom stereocenters. The van der Waals surface area contributed by atoms with Crippen molar-refractivity contribution in [3.63, 3.8) is 0 Å². The Morgan fingerprint density at radius 1 is 1.45 bits per heavy atom. The summed E-state index contributed by atoms with van der Waals surface area (Å²) in [5.74, 6) is 2.55. The van der Waals surface area contributed by atoms with Gasteiger partial charge in [0, 0.05) is 5.92 Å². The molecule has 5 heteroatoms. The van der Waals surface area contributed by atoms with E-state index in [9.17, 15) is 5.11 Å². The van der Waals surface area contributed by atoms with Crippen LogP contribution in [0.4, 0.5) is 0 Å². The molecule has 20 heavy (non-hydrogen) atoms. The molecular weight excluding hydrogens is 256 g/mol. The van der Waals surface area contributed by atoms with Gasteiger partial charge in [0.25, 0.3) is 5.89 Å². The smallest absolute Gasteiger partial charge is 0.264 e. The van der Waals surface area contributed by atoms with Crippen LogP contribution in [0.3, 0.4) is 0 Å². The molecule has 1 N–H and O–H groups in total. The molecule has 0 amide bonds. The van der Waals surface area contributed by atoms with Crippen molar-refractivity contribution in [2.45, 2.75) is 45.3 Å². The molecule has 2 aromatic rings. The summed E-state index contributed by atoms with van der Waals surface area (Å²) in [5.41, 5.74) is 1.86. The highest BCUT2D eigenvalue weighted by Gasteiger charge is 2.28. The van der Waals surface area contributed by atoms with Gasteiger partial charge in [-0.2, -0.15) is 4.98 Å². The van der Waals surface area contributed by atoms with Crippen LogP contribution in [0.1, 0.15) is 54.6 Å². The molecule has 1 fully saturated rings. The minimum atomic E-state index is -0.472. The van der Waals surface area contributed by atoms with E-state index >= 15 is 0 Å². The summed E-state index contributed by atoms with van der Waals surface area (Å²) in [5, 5.41) is 13.5. The van der Waals surface area contributed by atoms with Crippen molar-refractivity contribution < 1.29 is 14.4 Å². The van der Waals surface area contributed by atoms with Crippen LogP contribution in [0.2, 0.25) is 0 Å². The average molecular weight is 274 g/mol. The predicted molar refractivity (Wildman–Crippen MR) is 72.4 cm³/mol. The Hall–Kier alpha value is -1.88. The first-order chi connectivity index (χ1) is 9.63. The van der Waals surface area contributed by atoms with Crippen LogP contribution in [0.25, 0.3) is 0 Å². The van der Waals surface area contributed by atoms with Crippen molar-refractivity contribution in [3.8, 4) is 5.75 Å². The fourth-order valence-electron chi connectivity index (χ4n) is 2.07. The second-order valence-electron chi connectivity index (χ2n) is 5.31. The van der Waals surface area contributed by atoms with E-state index in [1.165, 1.54) is 0 Å². The SMILES string of the molecule is Cc1cc([C@H](C)O)ccc1OCc1nc(C2CC2)no1. The fourth-order valence-corrected chi connectivity index (χ4v) is 2.07. The molecule has 0 spiro atoms.